The van der Waals surface area contributed by atoms with Gasteiger partial charge >= 0.3 is 0 Å². The number of nitrogens with zero attached hydrogens (tertiary/aromatic N) is 4. The van der Waals surface area contributed by atoms with Crippen molar-refractivity contribution in [2.24, 2.45) is 14.1 Å². The third-order valence-corrected chi connectivity index (χ3v) is 4.43. The molecule has 4 nitrogen and oxygen atoms in total. The Morgan fingerprint density at radius 3 is 2.76 bits per heavy atom. The summed E-state index contributed by atoms with van der Waals surface area (Å²) >= 11 is 0. The maximum absolute atomic E-state index is 13.4. The highest BCUT2D eigenvalue weighted by molar-refractivity contribution is 5.81. The van der Waals surface area contributed by atoms with Crippen LogP contribution in [0.1, 0.15) is 30.9 Å². The molecule has 0 N–H and O–H groups in total. The number of hydrogen-bond donors (Lipinski definition) is 0. The van der Waals surface area contributed by atoms with Crippen LogP contribution in [0.3, 0.4) is 0 Å². The van der Waals surface area contributed by atoms with Crippen molar-refractivity contribution in [3.8, 4) is 11.4 Å². The number of halogens is 1. The molecular weight excluding hydrogens is 267 g/mol. The normalized spacial score (nSPS) is 15.6. The summed E-state index contributed by atoms with van der Waals surface area (Å²) in [5.74, 6) is 1.15. The molecule has 1 aromatic carbocycles. The first-order valence-electron chi connectivity index (χ1n) is 7.29. The zero-order valence-electron chi connectivity index (χ0n) is 12.2. The van der Waals surface area contributed by atoms with E-state index in [1.165, 1.54) is 31.4 Å². The number of aromatic nitrogens is 4. The van der Waals surface area contributed by atoms with Crippen LogP contribution in [0.5, 0.6) is 0 Å². The summed E-state index contributed by atoms with van der Waals surface area (Å²) < 4.78 is 17.3. The van der Waals surface area contributed by atoms with Gasteiger partial charge in [0.25, 0.3) is 0 Å². The highest BCUT2D eigenvalue weighted by Crippen LogP contribution is 2.40. The van der Waals surface area contributed by atoms with Gasteiger partial charge in [-0.3, -0.25) is 4.68 Å². The molecule has 0 radical (unpaired) electrons. The molecule has 21 heavy (non-hydrogen) atoms. The maximum atomic E-state index is 13.4. The summed E-state index contributed by atoms with van der Waals surface area (Å²) in [6.07, 6.45) is 5.69. The predicted molar refractivity (Wildman–Crippen MR) is 79.5 cm³/mol. The molecular formula is C16H17FN4. The Hall–Kier alpha value is -2.17. The number of imidazole rings is 1. The summed E-state index contributed by atoms with van der Waals surface area (Å²) in [7, 11) is 3.91. The average molecular weight is 284 g/mol. The maximum Gasteiger partial charge on any atom is 0.144 e. The molecule has 0 unspecified atom stereocenters. The Morgan fingerprint density at radius 2 is 2.05 bits per heavy atom. The summed E-state index contributed by atoms with van der Waals surface area (Å²) in [4.78, 5) is 4.63. The molecule has 0 aliphatic heterocycles. The van der Waals surface area contributed by atoms with Gasteiger partial charge in [-0.1, -0.05) is 6.42 Å². The van der Waals surface area contributed by atoms with Crippen molar-refractivity contribution in [3.63, 3.8) is 0 Å². The number of fused-ring (bicyclic) bond motifs is 1. The van der Waals surface area contributed by atoms with Crippen molar-refractivity contribution < 1.29 is 4.39 Å². The zero-order chi connectivity index (χ0) is 14.6. The van der Waals surface area contributed by atoms with Gasteiger partial charge in [-0.15, -0.1) is 0 Å². The van der Waals surface area contributed by atoms with E-state index in [4.69, 9.17) is 0 Å². The Balaban J connectivity index is 1.92. The van der Waals surface area contributed by atoms with E-state index in [1.54, 1.807) is 6.07 Å². The van der Waals surface area contributed by atoms with E-state index >= 15 is 0 Å². The van der Waals surface area contributed by atoms with E-state index < -0.39 is 0 Å². The third kappa shape index (κ3) is 1.87. The van der Waals surface area contributed by atoms with Crippen LogP contribution in [0.4, 0.5) is 4.39 Å². The van der Waals surface area contributed by atoms with Gasteiger partial charge in [-0.25, -0.2) is 9.37 Å². The zero-order valence-corrected chi connectivity index (χ0v) is 12.2. The van der Waals surface area contributed by atoms with Crippen molar-refractivity contribution in [1.82, 2.24) is 19.3 Å². The molecule has 3 aromatic rings. The number of benzene rings is 1. The first-order chi connectivity index (χ1) is 10.1. The fourth-order valence-corrected chi connectivity index (χ4v) is 3.08. The number of aryl methyl sites for hydroxylation is 2. The van der Waals surface area contributed by atoms with E-state index in [-0.39, 0.29) is 5.82 Å². The molecule has 2 heterocycles. The van der Waals surface area contributed by atoms with Crippen molar-refractivity contribution in [1.29, 1.82) is 0 Å². The summed E-state index contributed by atoms with van der Waals surface area (Å²) in [5.41, 5.74) is 3.83. The summed E-state index contributed by atoms with van der Waals surface area (Å²) in [5, 5.41) is 4.63. The van der Waals surface area contributed by atoms with Crippen molar-refractivity contribution in [2.45, 2.75) is 25.2 Å². The van der Waals surface area contributed by atoms with Crippen molar-refractivity contribution in [2.75, 3.05) is 0 Å². The first-order valence-corrected chi connectivity index (χ1v) is 7.29. The molecule has 0 saturated heterocycles. The second kappa shape index (κ2) is 4.41. The molecule has 2 aromatic heterocycles. The predicted octanol–water partition coefficient (Wildman–Crippen LogP) is 3.38. The van der Waals surface area contributed by atoms with E-state index in [0.29, 0.717) is 11.4 Å². The van der Waals surface area contributed by atoms with Crippen molar-refractivity contribution >= 4 is 11.0 Å². The molecule has 4 rings (SSSR count). The quantitative estimate of drug-likeness (QED) is 0.723. The fourth-order valence-electron chi connectivity index (χ4n) is 3.08. The van der Waals surface area contributed by atoms with Gasteiger partial charge in [0.2, 0.25) is 0 Å². The van der Waals surface area contributed by atoms with E-state index in [1.807, 2.05) is 29.5 Å². The molecule has 0 amide bonds. The lowest BCUT2D eigenvalue weighted by molar-refractivity contribution is 0.408. The average Bonchev–Trinajstić information content (AvgIpc) is 2.89. The van der Waals surface area contributed by atoms with Gasteiger partial charge in [-0.05, 0) is 25.0 Å². The number of hydrogen-bond acceptors (Lipinski definition) is 2. The molecule has 0 atom stereocenters. The van der Waals surface area contributed by atoms with Crippen LogP contribution in [0, 0.1) is 5.82 Å². The molecule has 108 valence electrons. The monoisotopic (exact) mass is 284 g/mol. The summed E-state index contributed by atoms with van der Waals surface area (Å²) in [6.45, 7) is 0. The lowest BCUT2D eigenvalue weighted by atomic mass is 9.81. The number of rotatable bonds is 2. The smallest absolute Gasteiger partial charge is 0.144 e. The van der Waals surface area contributed by atoms with Gasteiger partial charge in [0.1, 0.15) is 11.6 Å². The molecule has 5 heteroatoms. The molecule has 0 spiro atoms. The van der Waals surface area contributed by atoms with Crippen LogP contribution in [-0.2, 0) is 14.1 Å². The van der Waals surface area contributed by atoms with Gasteiger partial charge in [0.05, 0.1) is 22.3 Å². The fraction of sp³-hybridized carbons (Fsp3) is 0.375. The molecule has 0 bridgehead atoms. The minimum absolute atomic E-state index is 0.252. The van der Waals surface area contributed by atoms with Gasteiger partial charge < -0.3 is 4.57 Å². The van der Waals surface area contributed by atoms with Crippen molar-refractivity contribution in [3.05, 3.63) is 35.9 Å². The molecule has 1 saturated carbocycles. The van der Waals surface area contributed by atoms with Crippen LogP contribution < -0.4 is 0 Å². The summed E-state index contributed by atoms with van der Waals surface area (Å²) in [6, 6.07) is 4.74. The largest absolute Gasteiger partial charge is 0.327 e. The van der Waals surface area contributed by atoms with Crippen LogP contribution in [0.25, 0.3) is 22.4 Å². The Kier molecular flexibility index (Phi) is 2.64. The van der Waals surface area contributed by atoms with Crippen LogP contribution in [0.15, 0.2) is 24.4 Å². The van der Waals surface area contributed by atoms with Crippen LogP contribution in [0.2, 0.25) is 0 Å². The highest BCUT2D eigenvalue weighted by Gasteiger charge is 2.27. The third-order valence-electron chi connectivity index (χ3n) is 4.43. The van der Waals surface area contributed by atoms with Gasteiger partial charge in [0.15, 0.2) is 0 Å². The van der Waals surface area contributed by atoms with Crippen LogP contribution >= 0.6 is 0 Å². The Labute approximate surface area is 122 Å². The van der Waals surface area contributed by atoms with Gasteiger partial charge in [-0.2, -0.15) is 5.10 Å². The highest BCUT2D eigenvalue weighted by atomic mass is 19.1. The van der Waals surface area contributed by atoms with Gasteiger partial charge in [0, 0.05) is 32.3 Å². The molecule has 1 fully saturated rings. The molecule has 1 aliphatic rings. The second-order valence-electron chi connectivity index (χ2n) is 5.86. The van der Waals surface area contributed by atoms with Crippen LogP contribution in [-0.4, -0.2) is 19.3 Å². The lowest BCUT2D eigenvalue weighted by Gasteiger charge is -2.24. The Bertz CT molecular complexity index is 826. The SMILES string of the molecule is Cn1cc(-c2nc3cc(F)ccc3n2C)c(C2CCC2)n1. The van der Waals surface area contributed by atoms with E-state index in [2.05, 4.69) is 10.1 Å². The lowest BCUT2D eigenvalue weighted by Crippen LogP contribution is -2.11. The Morgan fingerprint density at radius 1 is 1.24 bits per heavy atom. The minimum Gasteiger partial charge on any atom is -0.327 e. The first kappa shape index (κ1) is 12.6. The van der Waals surface area contributed by atoms with E-state index in [0.717, 1.165) is 22.6 Å². The standard InChI is InChI=1S/C16H17FN4/c1-20-9-12(15(19-20)10-4-3-5-10)16-18-13-8-11(17)6-7-14(13)21(16)2/h6-10H,3-5H2,1-2H3. The van der Waals surface area contributed by atoms with E-state index in [9.17, 15) is 4.39 Å². The molecule has 1 aliphatic carbocycles. The minimum atomic E-state index is -0.252. The second-order valence-corrected chi connectivity index (χ2v) is 5.86. The topological polar surface area (TPSA) is 35.6 Å².